The number of hydrogen-bond donors (Lipinski definition) is 0. The van der Waals surface area contributed by atoms with Crippen molar-refractivity contribution in [3.05, 3.63) is 32.9 Å². The Morgan fingerprint density at radius 1 is 1.39 bits per heavy atom. The van der Waals surface area contributed by atoms with Crippen LogP contribution in [0.25, 0.3) is 0 Å². The zero-order chi connectivity index (χ0) is 13.3. The van der Waals surface area contributed by atoms with Gasteiger partial charge >= 0.3 is 0 Å². The number of benzene rings is 1. The second kappa shape index (κ2) is 5.59. The Morgan fingerprint density at radius 3 is 2.83 bits per heavy atom. The topological polar surface area (TPSA) is 20.3 Å². The maximum atomic E-state index is 12.6. The first-order valence-corrected chi connectivity index (χ1v) is 7.66. The summed E-state index contributed by atoms with van der Waals surface area (Å²) in [5, 5.41) is 0. The third kappa shape index (κ3) is 2.56. The number of halogens is 1. The molecule has 2 nitrogen and oxygen atoms in total. The van der Waals surface area contributed by atoms with Gasteiger partial charge in [0.15, 0.2) is 0 Å². The summed E-state index contributed by atoms with van der Waals surface area (Å²) in [4.78, 5) is 14.7. The second-order valence-corrected chi connectivity index (χ2v) is 6.37. The van der Waals surface area contributed by atoms with Crippen LogP contribution in [0.4, 0.5) is 0 Å². The van der Waals surface area contributed by atoms with Crippen molar-refractivity contribution in [1.29, 1.82) is 0 Å². The first-order chi connectivity index (χ1) is 8.52. The van der Waals surface area contributed by atoms with Gasteiger partial charge in [0.05, 0.1) is 5.56 Å². The van der Waals surface area contributed by atoms with Gasteiger partial charge in [0.2, 0.25) is 0 Å². The lowest BCUT2D eigenvalue weighted by Crippen LogP contribution is -2.46. The van der Waals surface area contributed by atoms with E-state index in [-0.39, 0.29) is 5.91 Å². The Balaban J connectivity index is 2.28. The molecular formula is C15H20INO. The smallest absolute Gasteiger partial charge is 0.255 e. The molecule has 0 saturated carbocycles. The largest absolute Gasteiger partial charge is 0.336 e. The van der Waals surface area contributed by atoms with Gasteiger partial charge < -0.3 is 4.90 Å². The van der Waals surface area contributed by atoms with Gasteiger partial charge in [-0.25, -0.2) is 0 Å². The molecule has 1 aliphatic heterocycles. The van der Waals surface area contributed by atoms with Crippen LogP contribution in [0, 0.1) is 16.4 Å². The van der Waals surface area contributed by atoms with Gasteiger partial charge in [-0.3, -0.25) is 4.79 Å². The number of likely N-dealkylation sites (tertiary alicyclic amines) is 1. The van der Waals surface area contributed by atoms with E-state index in [9.17, 15) is 4.79 Å². The molecule has 18 heavy (non-hydrogen) atoms. The standard InChI is InChI=1S/C15H20INO/c1-10-7-5-9-17(12(10)3)15(18)13-8-4-6-11(2)14(13)16/h4,6,8,10,12H,5,7,9H2,1-3H3. The van der Waals surface area contributed by atoms with Gasteiger partial charge in [-0.2, -0.15) is 0 Å². The van der Waals surface area contributed by atoms with Crippen LogP contribution in [0.3, 0.4) is 0 Å². The lowest BCUT2D eigenvalue weighted by Gasteiger charge is -2.38. The van der Waals surface area contributed by atoms with Crippen molar-refractivity contribution in [2.45, 2.75) is 39.7 Å². The highest BCUT2D eigenvalue weighted by Crippen LogP contribution is 2.26. The van der Waals surface area contributed by atoms with E-state index in [1.54, 1.807) is 0 Å². The summed E-state index contributed by atoms with van der Waals surface area (Å²) in [6, 6.07) is 6.33. The van der Waals surface area contributed by atoms with Crippen molar-refractivity contribution in [1.82, 2.24) is 4.90 Å². The van der Waals surface area contributed by atoms with E-state index in [4.69, 9.17) is 0 Å². The molecule has 0 aliphatic carbocycles. The lowest BCUT2D eigenvalue weighted by molar-refractivity contribution is 0.0550. The fourth-order valence-corrected chi connectivity index (χ4v) is 3.18. The van der Waals surface area contributed by atoms with Crippen LogP contribution >= 0.6 is 22.6 Å². The zero-order valence-electron chi connectivity index (χ0n) is 11.2. The molecule has 1 amide bonds. The Morgan fingerprint density at radius 2 is 2.11 bits per heavy atom. The van der Waals surface area contributed by atoms with Gasteiger partial charge in [-0.1, -0.05) is 19.1 Å². The van der Waals surface area contributed by atoms with Crippen molar-refractivity contribution in [3.63, 3.8) is 0 Å². The number of hydrogen-bond acceptors (Lipinski definition) is 1. The summed E-state index contributed by atoms with van der Waals surface area (Å²) in [7, 11) is 0. The van der Waals surface area contributed by atoms with Crippen LogP contribution < -0.4 is 0 Å². The summed E-state index contributed by atoms with van der Waals surface area (Å²) >= 11 is 2.28. The number of carbonyl (C=O) groups is 1. The Labute approximate surface area is 123 Å². The molecule has 0 aromatic heterocycles. The van der Waals surface area contributed by atoms with E-state index in [0.717, 1.165) is 22.1 Å². The molecule has 0 spiro atoms. The normalized spacial score (nSPS) is 24.1. The van der Waals surface area contributed by atoms with Gasteiger partial charge in [-0.15, -0.1) is 0 Å². The minimum Gasteiger partial charge on any atom is -0.336 e. The highest BCUT2D eigenvalue weighted by Gasteiger charge is 2.29. The van der Waals surface area contributed by atoms with Gasteiger partial charge in [0, 0.05) is 16.2 Å². The third-order valence-electron chi connectivity index (χ3n) is 4.06. The number of piperidine rings is 1. The first kappa shape index (κ1) is 13.8. The summed E-state index contributed by atoms with van der Waals surface area (Å²) < 4.78 is 1.09. The molecule has 1 heterocycles. The molecule has 0 N–H and O–H groups in total. The Bertz CT molecular complexity index is 458. The summed E-state index contributed by atoms with van der Waals surface area (Å²) in [6.07, 6.45) is 2.36. The predicted octanol–water partition coefficient (Wildman–Crippen LogP) is 3.86. The quantitative estimate of drug-likeness (QED) is 0.699. The molecule has 1 fully saturated rings. The van der Waals surface area contributed by atoms with E-state index in [0.29, 0.717) is 12.0 Å². The lowest BCUT2D eigenvalue weighted by atomic mass is 9.91. The summed E-state index contributed by atoms with van der Waals surface area (Å²) in [5.74, 6) is 0.798. The third-order valence-corrected chi connectivity index (χ3v) is 5.49. The monoisotopic (exact) mass is 357 g/mol. The van der Waals surface area contributed by atoms with E-state index < -0.39 is 0 Å². The summed E-state index contributed by atoms with van der Waals surface area (Å²) in [6.45, 7) is 7.37. The molecular weight excluding hydrogens is 337 g/mol. The molecule has 0 bridgehead atoms. The SMILES string of the molecule is Cc1cccc(C(=O)N2CCCC(C)C2C)c1I. The minimum absolute atomic E-state index is 0.196. The van der Waals surface area contributed by atoms with Gasteiger partial charge in [0.1, 0.15) is 0 Å². The van der Waals surface area contributed by atoms with Gasteiger partial charge in [-0.05, 0) is 66.8 Å². The minimum atomic E-state index is 0.196. The van der Waals surface area contributed by atoms with E-state index in [1.807, 2.05) is 17.0 Å². The number of aryl methyl sites for hydroxylation is 1. The van der Waals surface area contributed by atoms with Crippen molar-refractivity contribution in [2.24, 2.45) is 5.92 Å². The molecule has 1 aliphatic rings. The number of nitrogens with zero attached hydrogens (tertiary/aromatic N) is 1. The van der Waals surface area contributed by atoms with Crippen molar-refractivity contribution in [2.75, 3.05) is 6.54 Å². The fraction of sp³-hybridized carbons (Fsp3) is 0.533. The predicted molar refractivity (Wildman–Crippen MR) is 82.8 cm³/mol. The van der Waals surface area contributed by atoms with Crippen LogP contribution in [0.2, 0.25) is 0 Å². The van der Waals surface area contributed by atoms with E-state index in [2.05, 4.69) is 49.4 Å². The number of amides is 1. The molecule has 0 radical (unpaired) electrons. The first-order valence-electron chi connectivity index (χ1n) is 6.58. The number of carbonyl (C=O) groups excluding carboxylic acids is 1. The Hall–Kier alpha value is -0.580. The average Bonchev–Trinajstić information content (AvgIpc) is 2.35. The molecule has 1 aromatic rings. The molecule has 2 unspecified atom stereocenters. The van der Waals surface area contributed by atoms with Crippen LogP contribution in [0.5, 0.6) is 0 Å². The molecule has 1 saturated heterocycles. The second-order valence-electron chi connectivity index (χ2n) is 5.30. The highest BCUT2D eigenvalue weighted by atomic mass is 127. The zero-order valence-corrected chi connectivity index (χ0v) is 13.4. The molecule has 3 heteroatoms. The van der Waals surface area contributed by atoms with Crippen LogP contribution in [-0.4, -0.2) is 23.4 Å². The fourth-order valence-electron chi connectivity index (χ4n) is 2.59. The van der Waals surface area contributed by atoms with Crippen LogP contribution in [-0.2, 0) is 0 Å². The maximum absolute atomic E-state index is 12.6. The Kier molecular flexibility index (Phi) is 4.30. The van der Waals surface area contributed by atoms with Crippen molar-refractivity contribution < 1.29 is 4.79 Å². The molecule has 98 valence electrons. The van der Waals surface area contributed by atoms with E-state index >= 15 is 0 Å². The molecule has 1 aromatic carbocycles. The maximum Gasteiger partial charge on any atom is 0.255 e. The molecule has 2 rings (SSSR count). The van der Waals surface area contributed by atoms with Crippen LogP contribution in [0.1, 0.15) is 42.6 Å². The van der Waals surface area contributed by atoms with E-state index in [1.165, 1.54) is 12.0 Å². The van der Waals surface area contributed by atoms with Crippen molar-refractivity contribution in [3.8, 4) is 0 Å². The van der Waals surface area contributed by atoms with Crippen LogP contribution in [0.15, 0.2) is 18.2 Å². The number of rotatable bonds is 1. The summed E-state index contributed by atoms with van der Waals surface area (Å²) in [5.41, 5.74) is 2.04. The highest BCUT2D eigenvalue weighted by molar-refractivity contribution is 14.1. The average molecular weight is 357 g/mol. The van der Waals surface area contributed by atoms with Crippen molar-refractivity contribution >= 4 is 28.5 Å². The van der Waals surface area contributed by atoms with Gasteiger partial charge in [0.25, 0.3) is 5.91 Å². The molecule has 2 atom stereocenters.